The topological polar surface area (TPSA) is 93.7 Å². The lowest BCUT2D eigenvalue weighted by molar-refractivity contribution is -0.143. The van der Waals surface area contributed by atoms with Crippen LogP contribution in [0.25, 0.3) is 0 Å². The molecule has 0 aromatic carbocycles. The number of nitrogens with one attached hydrogen (secondary N) is 2. The van der Waals surface area contributed by atoms with E-state index in [-0.39, 0.29) is 31.3 Å². The highest BCUT2D eigenvalue weighted by atomic mass is 16.5. The zero-order valence-corrected chi connectivity index (χ0v) is 14.9. The Hall–Kier alpha value is -2.05. The SMILES string of the molecule is CCOC(=O)C1=C(COC(=O)CCCC2CCCCC2)NC(=O)NC1. The maximum Gasteiger partial charge on any atom is 0.337 e. The van der Waals surface area contributed by atoms with Gasteiger partial charge in [0.1, 0.15) is 6.61 Å². The summed E-state index contributed by atoms with van der Waals surface area (Å²) in [6.07, 6.45) is 8.71. The van der Waals surface area contributed by atoms with Crippen LogP contribution in [0.2, 0.25) is 0 Å². The van der Waals surface area contributed by atoms with Crippen LogP contribution in [0.4, 0.5) is 4.79 Å². The van der Waals surface area contributed by atoms with E-state index in [4.69, 9.17) is 9.47 Å². The van der Waals surface area contributed by atoms with E-state index >= 15 is 0 Å². The van der Waals surface area contributed by atoms with Gasteiger partial charge in [-0.15, -0.1) is 0 Å². The van der Waals surface area contributed by atoms with E-state index in [1.807, 2.05) is 0 Å². The number of amides is 2. The first-order valence-electron chi connectivity index (χ1n) is 9.19. The Labute approximate surface area is 148 Å². The molecule has 0 spiro atoms. The first kappa shape index (κ1) is 19.3. The van der Waals surface area contributed by atoms with Crippen molar-refractivity contribution < 1.29 is 23.9 Å². The fourth-order valence-electron chi connectivity index (χ4n) is 3.30. The summed E-state index contributed by atoms with van der Waals surface area (Å²) >= 11 is 0. The Bertz CT molecular complexity index is 524. The molecule has 0 aromatic heterocycles. The summed E-state index contributed by atoms with van der Waals surface area (Å²) in [6, 6.07) is -0.420. The van der Waals surface area contributed by atoms with Crippen LogP contribution in [0.15, 0.2) is 11.3 Å². The van der Waals surface area contributed by atoms with E-state index in [2.05, 4.69) is 10.6 Å². The van der Waals surface area contributed by atoms with Crippen molar-refractivity contribution in [3.63, 3.8) is 0 Å². The summed E-state index contributed by atoms with van der Waals surface area (Å²) in [5.41, 5.74) is 0.583. The Kier molecular flexibility index (Phi) is 7.76. The summed E-state index contributed by atoms with van der Waals surface area (Å²) in [5.74, 6) is -0.0824. The highest BCUT2D eigenvalue weighted by Crippen LogP contribution is 2.27. The average Bonchev–Trinajstić information content (AvgIpc) is 2.61. The highest BCUT2D eigenvalue weighted by Gasteiger charge is 2.24. The van der Waals surface area contributed by atoms with Crippen molar-refractivity contribution >= 4 is 18.0 Å². The first-order valence-corrected chi connectivity index (χ1v) is 9.19. The molecule has 0 aromatic rings. The third-order valence-electron chi connectivity index (χ3n) is 4.67. The predicted molar refractivity (Wildman–Crippen MR) is 91.6 cm³/mol. The van der Waals surface area contributed by atoms with Crippen molar-refractivity contribution in [3.8, 4) is 0 Å². The van der Waals surface area contributed by atoms with Gasteiger partial charge in [0.25, 0.3) is 0 Å². The third kappa shape index (κ3) is 6.40. The van der Waals surface area contributed by atoms with E-state index in [1.165, 1.54) is 32.1 Å². The van der Waals surface area contributed by atoms with E-state index in [9.17, 15) is 14.4 Å². The van der Waals surface area contributed by atoms with Crippen LogP contribution < -0.4 is 10.6 Å². The van der Waals surface area contributed by atoms with Crippen LogP contribution in [0.3, 0.4) is 0 Å². The number of ether oxygens (including phenoxy) is 2. The average molecular weight is 352 g/mol. The molecule has 0 radical (unpaired) electrons. The minimum absolute atomic E-state index is 0.0687. The summed E-state index contributed by atoms with van der Waals surface area (Å²) in [6.45, 7) is 1.90. The molecule has 7 heteroatoms. The lowest BCUT2D eigenvalue weighted by Crippen LogP contribution is -2.45. The number of urea groups is 1. The second-order valence-corrected chi connectivity index (χ2v) is 6.54. The van der Waals surface area contributed by atoms with Gasteiger partial charge in [0.2, 0.25) is 0 Å². The summed E-state index contributed by atoms with van der Waals surface area (Å²) in [5, 5.41) is 5.03. The number of esters is 2. The van der Waals surface area contributed by atoms with Crippen LogP contribution in [0.5, 0.6) is 0 Å². The van der Waals surface area contributed by atoms with Gasteiger partial charge in [-0.1, -0.05) is 32.1 Å². The fourth-order valence-corrected chi connectivity index (χ4v) is 3.30. The molecule has 2 amide bonds. The second kappa shape index (κ2) is 10.1. The van der Waals surface area contributed by atoms with Gasteiger partial charge in [0.05, 0.1) is 24.4 Å². The van der Waals surface area contributed by atoms with Crippen LogP contribution in [-0.2, 0) is 19.1 Å². The van der Waals surface area contributed by atoms with Crippen molar-refractivity contribution in [1.29, 1.82) is 0 Å². The molecular formula is C18H28N2O5. The lowest BCUT2D eigenvalue weighted by atomic mass is 9.86. The van der Waals surface area contributed by atoms with Crippen LogP contribution in [0, 0.1) is 5.92 Å². The fraction of sp³-hybridized carbons (Fsp3) is 0.722. The molecule has 140 valence electrons. The molecule has 2 rings (SSSR count). The molecule has 1 fully saturated rings. The Morgan fingerprint density at radius 1 is 1.16 bits per heavy atom. The Morgan fingerprint density at radius 2 is 1.92 bits per heavy atom. The van der Waals surface area contributed by atoms with Gasteiger partial charge >= 0.3 is 18.0 Å². The van der Waals surface area contributed by atoms with Gasteiger partial charge in [-0.05, 0) is 25.7 Å². The minimum atomic E-state index is -0.515. The van der Waals surface area contributed by atoms with Crippen LogP contribution >= 0.6 is 0 Å². The largest absolute Gasteiger partial charge is 0.463 e. The maximum atomic E-state index is 11.9. The Balaban J connectivity index is 1.77. The van der Waals surface area contributed by atoms with Crippen LogP contribution in [-0.4, -0.2) is 37.7 Å². The van der Waals surface area contributed by atoms with E-state index < -0.39 is 12.0 Å². The lowest BCUT2D eigenvalue weighted by Gasteiger charge is -2.22. The number of hydrogen-bond donors (Lipinski definition) is 2. The second-order valence-electron chi connectivity index (χ2n) is 6.54. The number of hydrogen-bond acceptors (Lipinski definition) is 5. The molecule has 0 saturated heterocycles. The highest BCUT2D eigenvalue weighted by molar-refractivity contribution is 5.93. The van der Waals surface area contributed by atoms with Gasteiger partial charge in [-0.2, -0.15) is 0 Å². The standard InChI is InChI=1S/C18H28N2O5/c1-2-24-17(22)14-11-19-18(23)20-15(14)12-25-16(21)10-6-9-13-7-4-3-5-8-13/h13H,2-12H2,1H3,(H2,19,20,23). The molecule has 0 unspecified atom stereocenters. The van der Waals surface area contributed by atoms with Gasteiger partial charge in [-0.3, -0.25) is 4.79 Å². The van der Waals surface area contributed by atoms with Gasteiger partial charge in [0.15, 0.2) is 0 Å². The van der Waals surface area contributed by atoms with Gasteiger partial charge in [-0.25, -0.2) is 9.59 Å². The zero-order chi connectivity index (χ0) is 18.1. The number of carbonyl (C=O) groups is 3. The molecule has 1 saturated carbocycles. The summed E-state index contributed by atoms with van der Waals surface area (Å²) in [7, 11) is 0. The molecule has 0 bridgehead atoms. The van der Waals surface area contributed by atoms with Crippen LogP contribution in [0.1, 0.15) is 58.3 Å². The molecule has 25 heavy (non-hydrogen) atoms. The van der Waals surface area contributed by atoms with Gasteiger partial charge in [0, 0.05) is 6.42 Å². The predicted octanol–water partition coefficient (Wildman–Crippen LogP) is 2.41. The monoisotopic (exact) mass is 352 g/mol. The molecular weight excluding hydrogens is 324 g/mol. The van der Waals surface area contributed by atoms with Gasteiger partial charge < -0.3 is 20.1 Å². The summed E-state index contributed by atoms with van der Waals surface area (Å²) in [4.78, 5) is 35.3. The quantitative estimate of drug-likeness (QED) is 0.654. The van der Waals surface area contributed by atoms with Crippen molar-refractivity contribution in [2.45, 2.75) is 58.3 Å². The molecule has 2 aliphatic rings. The molecule has 0 atom stereocenters. The smallest absolute Gasteiger partial charge is 0.337 e. The molecule has 7 nitrogen and oxygen atoms in total. The van der Waals surface area contributed by atoms with E-state index in [1.54, 1.807) is 6.92 Å². The molecule has 1 heterocycles. The number of carbonyl (C=O) groups excluding carboxylic acids is 3. The third-order valence-corrected chi connectivity index (χ3v) is 4.67. The maximum absolute atomic E-state index is 11.9. The molecule has 1 aliphatic carbocycles. The van der Waals surface area contributed by atoms with Crippen molar-refractivity contribution in [2.75, 3.05) is 19.8 Å². The molecule has 1 aliphatic heterocycles. The Morgan fingerprint density at radius 3 is 2.64 bits per heavy atom. The number of rotatable bonds is 8. The first-order chi connectivity index (χ1) is 12.1. The summed E-state index contributed by atoms with van der Waals surface area (Å²) < 4.78 is 10.2. The van der Waals surface area contributed by atoms with Crippen molar-refractivity contribution in [2.24, 2.45) is 5.92 Å². The van der Waals surface area contributed by atoms with Crippen molar-refractivity contribution in [1.82, 2.24) is 10.6 Å². The molecule has 2 N–H and O–H groups in total. The van der Waals surface area contributed by atoms with E-state index in [0.29, 0.717) is 12.1 Å². The normalized spacial score (nSPS) is 18.4. The van der Waals surface area contributed by atoms with Crippen molar-refractivity contribution in [3.05, 3.63) is 11.3 Å². The minimum Gasteiger partial charge on any atom is -0.463 e. The van der Waals surface area contributed by atoms with E-state index in [0.717, 1.165) is 18.8 Å². The zero-order valence-electron chi connectivity index (χ0n) is 14.9.